The molecule has 0 spiro atoms. The Labute approximate surface area is 105 Å². The fourth-order valence-electron chi connectivity index (χ4n) is 2.67. The summed E-state index contributed by atoms with van der Waals surface area (Å²) >= 11 is 0. The Morgan fingerprint density at radius 2 is 2.29 bits per heavy atom. The lowest BCUT2D eigenvalue weighted by Gasteiger charge is -2.28. The SMILES string of the molecule is C#CC(CCC)NC1CCCc2ccccc21. The van der Waals surface area contributed by atoms with Crippen molar-refractivity contribution in [1.29, 1.82) is 0 Å². The van der Waals surface area contributed by atoms with E-state index in [0.717, 1.165) is 12.8 Å². The molecular formula is C16H21N. The summed E-state index contributed by atoms with van der Waals surface area (Å²) in [4.78, 5) is 0. The van der Waals surface area contributed by atoms with Gasteiger partial charge in [-0.05, 0) is 36.8 Å². The zero-order valence-corrected chi connectivity index (χ0v) is 10.6. The summed E-state index contributed by atoms with van der Waals surface area (Å²) in [7, 11) is 0. The van der Waals surface area contributed by atoms with E-state index in [1.165, 1.54) is 30.4 Å². The van der Waals surface area contributed by atoms with Crippen molar-refractivity contribution in [3.05, 3.63) is 35.4 Å². The van der Waals surface area contributed by atoms with E-state index in [9.17, 15) is 0 Å². The van der Waals surface area contributed by atoms with Crippen molar-refractivity contribution in [2.75, 3.05) is 0 Å². The molecule has 1 aliphatic rings. The van der Waals surface area contributed by atoms with Crippen LogP contribution in [0.25, 0.3) is 0 Å². The lowest BCUT2D eigenvalue weighted by Crippen LogP contribution is -2.33. The van der Waals surface area contributed by atoms with Crippen molar-refractivity contribution in [2.24, 2.45) is 0 Å². The summed E-state index contributed by atoms with van der Waals surface area (Å²) in [5.41, 5.74) is 2.94. The van der Waals surface area contributed by atoms with Crippen LogP contribution in [0.3, 0.4) is 0 Å². The third kappa shape index (κ3) is 2.90. The first-order chi connectivity index (χ1) is 8.35. The molecule has 90 valence electrons. The maximum atomic E-state index is 5.58. The van der Waals surface area contributed by atoms with Gasteiger partial charge in [0.2, 0.25) is 0 Å². The van der Waals surface area contributed by atoms with Gasteiger partial charge in [-0.2, -0.15) is 0 Å². The molecule has 0 amide bonds. The number of fused-ring (bicyclic) bond motifs is 1. The Balaban J connectivity index is 2.11. The molecule has 1 aromatic carbocycles. The number of hydrogen-bond donors (Lipinski definition) is 1. The molecule has 0 radical (unpaired) electrons. The lowest BCUT2D eigenvalue weighted by atomic mass is 9.87. The first-order valence-corrected chi connectivity index (χ1v) is 6.65. The number of benzene rings is 1. The number of hydrogen-bond acceptors (Lipinski definition) is 1. The fraction of sp³-hybridized carbons (Fsp3) is 0.500. The molecule has 0 fully saturated rings. The van der Waals surface area contributed by atoms with Gasteiger partial charge < -0.3 is 0 Å². The second kappa shape index (κ2) is 5.89. The predicted molar refractivity (Wildman–Crippen MR) is 72.8 cm³/mol. The lowest BCUT2D eigenvalue weighted by molar-refractivity contribution is 0.420. The average molecular weight is 227 g/mol. The molecular weight excluding hydrogens is 206 g/mol. The summed E-state index contributed by atoms with van der Waals surface area (Å²) in [6.45, 7) is 2.18. The standard InChI is InChI=1S/C16H21N/c1-3-8-14(4-2)17-16-12-7-10-13-9-5-6-11-15(13)16/h2,5-6,9,11,14,16-17H,3,7-8,10,12H2,1H3. The van der Waals surface area contributed by atoms with E-state index in [0.29, 0.717) is 6.04 Å². The van der Waals surface area contributed by atoms with Crippen LogP contribution < -0.4 is 5.32 Å². The van der Waals surface area contributed by atoms with Crippen molar-refractivity contribution in [3.8, 4) is 12.3 Å². The van der Waals surface area contributed by atoms with Gasteiger partial charge in [-0.15, -0.1) is 6.42 Å². The minimum Gasteiger partial charge on any atom is -0.297 e. The van der Waals surface area contributed by atoms with Gasteiger partial charge >= 0.3 is 0 Å². The average Bonchev–Trinajstić information content (AvgIpc) is 2.38. The molecule has 0 heterocycles. The largest absolute Gasteiger partial charge is 0.297 e. The Hall–Kier alpha value is -1.26. The Morgan fingerprint density at radius 3 is 3.06 bits per heavy atom. The molecule has 1 aromatic rings. The van der Waals surface area contributed by atoms with Crippen LogP contribution in [0.2, 0.25) is 0 Å². The molecule has 17 heavy (non-hydrogen) atoms. The summed E-state index contributed by atoms with van der Waals surface area (Å²) < 4.78 is 0. The molecule has 1 N–H and O–H groups in total. The zero-order valence-electron chi connectivity index (χ0n) is 10.6. The van der Waals surface area contributed by atoms with Crippen LogP contribution in [0.5, 0.6) is 0 Å². The van der Waals surface area contributed by atoms with E-state index in [2.05, 4.69) is 42.4 Å². The molecule has 0 saturated carbocycles. The molecule has 0 bridgehead atoms. The van der Waals surface area contributed by atoms with Gasteiger partial charge in [0.25, 0.3) is 0 Å². The van der Waals surface area contributed by atoms with Crippen LogP contribution in [-0.4, -0.2) is 6.04 Å². The smallest absolute Gasteiger partial charge is 0.0691 e. The first-order valence-electron chi connectivity index (χ1n) is 6.65. The monoisotopic (exact) mass is 227 g/mol. The van der Waals surface area contributed by atoms with Crippen LogP contribution in [-0.2, 0) is 6.42 Å². The minimum atomic E-state index is 0.219. The van der Waals surface area contributed by atoms with Crippen molar-refractivity contribution in [1.82, 2.24) is 5.32 Å². The quantitative estimate of drug-likeness (QED) is 0.777. The van der Waals surface area contributed by atoms with Gasteiger partial charge in [0, 0.05) is 6.04 Å². The van der Waals surface area contributed by atoms with E-state index >= 15 is 0 Å². The van der Waals surface area contributed by atoms with Gasteiger partial charge in [-0.1, -0.05) is 43.5 Å². The summed E-state index contributed by atoms with van der Waals surface area (Å²) in [5.74, 6) is 2.87. The van der Waals surface area contributed by atoms with Crippen molar-refractivity contribution < 1.29 is 0 Å². The van der Waals surface area contributed by atoms with Crippen LogP contribution >= 0.6 is 0 Å². The topological polar surface area (TPSA) is 12.0 Å². The highest BCUT2D eigenvalue weighted by atomic mass is 14.9. The summed E-state index contributed by atoms with van der Waals surface area (Å²) in [5, 5.41) is 3.63. The summed E-state index contributed by atoms with van der Waals surface area (Å²) in [6, 6.07) is 9.42. The zero-order chi connectivity index (χ0) is 12.1. The Kier molecular flexibility index (Phi) is 4.23. The molecule has 1 heteroatoms. The number of nitrogens with one attached hydrogen (secondary N) is 1. The van der Waals surface area contributed by atoms with Crippen LogP contribution in [0.1, 0.15) is 49.8 Å². The molecule has 1 nitrogen and oxygen atoms in total. The Morgan fingerprint density at radius 1 is 1.47 bits per heavy atom. The van der Waals surface area contributed by atoms with Crippen molar-refractivity contribution in [2.45, 2.75) is 51.1 Å². The molecule has 2 rings (SSSR count). The highest BCUT2D eigenvalue weighted by Crippen LogP contribution is 2.29. The fourth-order valence-corrected chi connectivity index (χ4v) is 2.67. The molecule has 0 aliphatic heterocycles. The van der Waals surface area contributed by atoms with Gasteiger partial charge in [0.05, 0.1) is 6.04 Å². The van der Waals surface area contributed by atoms with Crippen LogP contribution in [0.15, 0.2) is 24.3 Å². The molecule has 1 aliphatic carbocycles. The summed E-state index contributed by atoms with van der Waals surface area (Å²) in [6.07, 6.45) is 11.5. The molecule has 0 saturated heterocycles. The van der Waals surface area contributed by atoms with Gasteiger partial charge in [0.1, 0.15) is 0 Å². The minimum absolute atomic E-state index is 0.219. The maximum Gasteiger partial charge on any atom is 0.0691 e. The van der Waals surface area contributed by atoms with Crippen molar-refractivity contribution >= 4 is 0 Å². The number of aryl methyl sites for hydroxylation is 1. The normalized spacial score (nSPS) is 20.4. The first kappa shape index (κ1) is 12.2. The molecule has 2 atom stereocenters. The second-order valence-corrected chi connectivity index (χ2v) is 4.82. The molecule has 2 unspecified atom stereocenters. The van der Waals surface area contributed by atoms with Gasteiger partial charge in [0.15, 0.2) is 0 Å². The van der Waals surface area contributed by atoms with Crippen LogP contribution in [0, 0.1) is 12.3 Å². The number of rotatable bonds is 4. The highest BCUT2D eigenvalue weighted by molar-refractivity contribution is 5.32. The highest BCUT2D eigenvalue weighted by Gasteiger charge is 2.21. The van der Waals surface area contributed by atoms with Crippen molar-refractivity contribution in [3.63, 3.8) is 0 Å². The maximum absolute atomic E-state index is 5.58. The van der Waals surface area contributed by atoms with Gasteiger partial charge in [-0.3, -0.25) is 5.32 Å². The van der Waals surface area contributed by atoms with E-state index in [4.69, 9.17) is 6.42 Å². The Bertz CT molecular complexity index is 402. The number of terminal acetylenes is 1. The predicted octanol–water partition coefficient (Wildman–Crippen LogP) is 3.46. The van der Waals surface area contributed by atoms with E-state index < -0.39 is 0 Å². The van der Waals surface area contributed by atoms with Gasteiger partial charge in [-0.25, -0.2) is 0 Å². The van der Waals surface area contributed by atoms with Crippen LogP contribution in [0.4, 0.5) is 0 Å². The van der Waals surface area contributed by atoms with E-state index in [1.807, 2.05) is 0 Å². The third-order valence-corrected chi connectivity index (χ3v) is 3.55. The molecule has 0 aromatic heterocycles. The van der Waals surface area contributed by atoms with E-state index in [-0.39, 0.29) is 6.04 Å². The van der Waals surface area contributed by atoms with E-state index in [1.54, 1.807) is 0 Å². The third-order valence-electron chi connectivity index (χ3n) is 3.55. The second-order valence-electron chi connectivity index (χ2n) is 4.82.